The zero-order valence-corrected chi connectivity index (χ0v) is 12.9. The predicted molar refractivity (Wildman–Crippen MR) is 80.0 cm³/mol. The molecule has 0 aromatic carbocycles. The van der Waals surface area contributed by atoms with Gasteiger partial charge in [-0.25, -0.2) is 4.79 Å². The summed E-state index contributed by atoms with van der Waals surface area (Å²) < 4.78 is 11.7. The third-order valence-corrected chi connectivity index (χ3v) is 3.58. The summed E-state index contributed by atoms with van der Waals surface area (Å²) in [6.07, 6.45) is 2.86. The Labute approximate surface area is 133 Å². The Morgan fingerprint density at radius 3 is 3.00 bits per heavy atom. The summed E-state index contributed by atoms with van der Waals surface area (Å²) >= 11 is 1.66. The number of nitrogens with one attached hydrogen (secondary N) is 1. The first kappa shape index (κ1) is 16.1. The normalized spacial score (nSPS) is 29.0. The van der Waals surface area contributed by atoms with Crippen LogP contribution in [0.1, 0.15) is 12.6 Å². The van der Waals surface area contributed by atoms with Crippen LogP contribution in [0.2, 0.25) is 0 Å². The summed E-state index contributed by atoms with van der Waals surface area (Å²) in [5.41, 5.74) is -2.59. The van der Waals surface area contributed by atoms with Crippen LogP contribution in [0.15, 0.2) is 34.0 Å². The number of nitrogens with zero attached hydrogens (tertiary/aromatic N) is 1. The first-order chi connectivity index (χ1) is 10.00. The molecule has 0 spiro atoms. The van der Waals surface area contributed by atoms with Gasteiger partial charge in [-0.05, 0) is 12.2 Å². The number of aldehydes is 1. The molecule has 114 valence electrons. The number of carbonyl (C=O) groups excluding carboxylic acids is 1. The van der Waals surface area contributed by atoms with Gasteiger partial charge >= 0.3 is 5.69 Å². The molecule has 0 bridgehead atoms. The average Bonchev–Trinajstić information content (AvgIpc) is 2.75. The molecule has 1 aliphatic heterocycles. The van der Waals surface area contributed by atoms with Crippen molar-refractivity contribution < 1.29 is 17.7 Å². The standard InChI is InChI=1S/C12H13IN2O6/c13-20-7-8-12(19,3-1-5-16)6-10(21-8)15-4-2-9(17)14-11(15)18/h1-5,8,10,19H,6-7H2,(H,14,17,18)/t8-,10-,12?/m0/s1. The molecule has 21 heavy (non-hydrogen) atoms. The number of halogens is 1. The Hall–Kier alpha value is -1.30. The molecular weight excluding hydrogens is 395 g/mol. The number of aromatic amines is 1. The molecule has 8 nitrogen and oxygen atoms in total. The summed E-state index contributed by atoms with van der Waals surface area (Å²) in [6, 6.07) is 1.19. The van der Waals surface area contributed by atoms with E-state index < -0.39 is 29.2 Å². The average molecular weight is 408 g/mol. The fourth-order valence-electron chi connectivity index (χ4n) is 2.21. The lowest BCUT2D eigenvalue weighted by Gasteiger charge is -2.23. The minimum atomic E-state index is -1.44. The summed E-state index contributed by atoms with van der Waals surface area (Å²) in [4.78, 5) is 35.4. The zero-order valence-electron chi connectivity index (χ0n) is 10.8. The number of ether oxygens (including phenoxy) is 1. The van der Waals surface area contributed by atoms with Crippen molar-refractivity contribution in [2.75, 3.05) is 6.61 Å². The maximum Gasteiger partial charge on any atom is 0.330 e. The molecule has 0 radical (unpaired) electrons. The van der Waals surface area contributed by atoms with E-state index in [2.05, 4.69) is 4.98 Å². The van der Waals surface area contributed by atoms with E-state index in [1.54, 1.807) is 23.0 Å². The number of aromatic nitrogens is 2. The van der Waals surface area contributed by atoms with Crippen LogP contribution in [-0.4, -0.2) is 39.3 Å². The first-order valence-corrected chi connectivity index (χ1v) is 6.94. The van der Waals surface area contributed by atoms with Crippen molar-refractivity contribution in [2.24, 2.45) is 0 Å². The van der Waals surface area contributed by atoms with Gasteiger partial charge in [-0.15, -0.1) is 0 Å². The first-order valence-electron chi connectivity index (χ1n) is 6.06. The summed E-state index contributed by atoms with van der Waals surface area (Å²) in [5.74, 6) is 0. The molecule has 1 fully saturated rings. The number of hydrogen-bond donors (Lipinski definition) is 2. The number of aliphatic hydroxyl groups is 1. The van der Waals surface area contributed by atoms with Gasteiger partial charge in [0.05, 0.1) is 6.61 Å². The molecule has 0 amide bonds. The van der Waals surface area contributed by atoms with Crippen LogP contribution < -0.4 is 11.2 Å². The monoisotopic (exact) mass is 408 g/mol. The second-order valence-electron chi connectivity index (χ2n) is 4.56. The minimum absolute atomic E-state index is 0.0496. The van der Waals surface area contributed by atoms with Crippen molar-refractivity contribution in [3.05, 3.63) is 45.3 Å². The molecule has 0 saturated carbocycles. The van der Waals surface area contributed by atoms with Gasteiger partial charge in [-0.3, -0.25) is 19.1 Å². The number of allylic oxidation sites excluding steroid dienone is 1. The van der Waals surface area contributed by atoms with Gasteiger partial charge in [0.15, 0.2) is 0 Å². The van der Waals surface area contributed by atoms with E-state index in [1.165, 1.54) is 29.0 Å². The molecule has 1 aromatic heterocycles. The Balaban J connectivity index is 2.32. The second-order valence-corrected chi connectivity index (χ2v) is 5.19. The van der Waals surface area contributed by atoms with Crippen molar-refractivity contribution in [1.82, 2.24) is 9.55 Å². The molecule has 2 heterocycles. The molecule has 1 saturated heterocycles. The van der Waals surface area contributed by atoms with Gasteiger partial charge in [0.1, 0.15) is 47.2 Å². The Kier molecular flexibility index (Phi) is 5.08. The van der Waals surface area contributed by atoms with Crippen LogP contribution in [0.4, 0.5) is 0 Å². The predicted octanol–water partition coefficient (Wildman–Crippen LogP) is -0.323. The zero-order chi connectivity index (χ0) is 15.5. The summed E-state index contributed by atoms with van der Waals surface area (Å²) in [6.45, 7) is 0.0782. The molecule has 3 atom stereocenters. The highest BCUT2D eigenvalue weighted by Gasteiger charge is 2.46. The topological polar surface area (TPSA) is 111 Å². The molecule has 1 aromatic rings. The van der Waals surface area contributed by atoms with Crippen LogP contribution in [0.5, 0.6) is 0 Å². The van der Waals surface area contributed by atoms with Gasteiger partial charge in [-0.2, -0.15) is 0 Å². The number of H-pyrrole nitrogens is 1. The number of hydrogen-bond acceptors (Lipinski definition) is 6. The molecular formula is C12H13IN2O6. The van der Waals surface area contributed by atoms with E-state index in [0.29, 0.717) is 6.29 Å². The smallest absolute Gasteiger partial charge is 0.330 e. The molecule has 0 aliphatic carbocycles. The van der Waals surface area contributed by atoms with Crippen LogP contribution in [0.25, 0.3) is 0 Å². The van der Waals surface area contributed by atoms with Crippen molar-refractivity contribution in [2.45, 2.75) is 24.4 Å². The largest absolute Gasteiger partial charge is 0.383 e. The van der Waals surface area contributed by atoms with Crippen molar-refractivity contribution >= 4 is 29.3 Å². The van der Waals surface area contributed by atoms with E-state index in [0.717, 1.165) is 0 Å². The minimum Gasteiger partial charge on any atom is -0.383 e. The van der Waals surface area contributed by atoms with Gasteiger partial charge in [0, 0.05) is 18.7 Å². The molecule has 1 unspecified atom stereocenters. The summed E-state index contributed by atoms with van der Waals surface area (Å²) in [7, 11) is 0. The number of carbonyl (C=O) groups is 1. The van der Waals surface area contributed by atoms with Gasteiger partial charge in [-0.1, -0.05) is 0 Å². The van der Waals surface area contributed by atoms with E-state index in [-0.39, 0.29) is 13.0 Å². The van der Waals surface area contributed by atoms with E-state index in [1.807, 2.05) is 0 Å². The van der Waals surface area contributed by atoms with Gasteiger partial charge in [0.2, 0.25) is 0 Å². The quantitative estimate of drug-likeness (QED) is 0.393. The fourth-order valence-corrected chi connectivity index (χ4v) is 2.53. The van der Waals surface area contributed by atoms with E-state index in [4.69, 9.17) is 7.80 Å². The fraction of sp³-hybridized carbons (Fsp3) is 0.417. The second kappa shape index (κ2) is 6.64. The maximum absolute atomic E-state index is 11.8. The van der Waals surface area contributed by atoms with Crippen molar-refractivity contribution in [3.63, 3.8) is 0 Å². The highest BCUT2D eigenvalue weighted by atomic mass is 127. The SMILES string of the molecule is O=CC=CC1(O)C[C@@H](n2ccc(=O)[nH]c2=O)O[C@H]1COI. The van der Waals surface area contributed by atoms with E-state index in [9.17, 15) is 19.5 Å². The van der Waals surface area contributed by atoms with Crippen LogP contribution in [0, 0.1) is 0 Å². The Morgan fingerprint density at radius 1 is 1.62 bits per heavy atom. The Morgan fingerprint density at radius 2 is 2.38 bits per heavy atom. The molecule has 2 N–H and O–H groups in total. The Bertz CT molecular complexity index is 654. The lowest BCUT2D eigenvalue weighted by atomic mass is 9.94. The third-order valence-electron chi connectivity index (χ3n) is 3.22. The highest BCUT2D eigenvalue weighted by Crippen LogP contribution is 2.37. The molecule has 9 heteroatoms. The molecule has 2 rings (SSSR count). The van der Waals surface area contributed by atoms with Gasteiger partial charge < -0.3 is 12.9 Å². The van der Waals surface area contributed by atoms with Crippen LogP contribution in [0.3, 0.4) is 0 Å². The van der Waals surface area contributed by atoms with Crippen LogP contribution >= 0.6 is 23.0 Å². The lowest BCUT2D eigenvalue weighted by molar-refractivity contribution is -0.104. The molecule has 1 aliphatic rings. The van der Waals surface area contributed by atoms with Crippen molar-refractivity contribution in [3.8, 4) is 0 Å². The lowest BCUT2D eigenvalue weighted by Crippen LogP contribution is -2.38. The third kappa shape index (κ3) is 3.48. The number of rotatable bonds is 5. The van der Waals surface area contributed by atoms with Crippen molar-refractivity contribution in [1.29, 1.82) is 0 Å². The maximum atomic E-state index is 11.8. The van der Waals surface area contributed by atoms with Crippen LogP contribution in [-0.2, 0) is 12.6 Å². The van der Waals surface area contributed by atoms with Gasteiger partial charge in [0.25, 0.3) is 5.56 Å². The summed E-state index contributed by atoms with van der Waals surface area (Å²) in [5, 5.41) is 10.5. The highest BCUT2D eigenvalue weighted by molar-refractivity contribution is 14.1. The van der Waals surface area contributed by atoms with E-state index >= 15 is 0 Å².